The SMILES string of the molecule is COC1Cc2c(-c3ccc(C)cc3)csc2C2(CCN(Cc3ccccc3)CC2)O1. The number of aryl methyl sites for hydroxylation is 1. The summed E-state index contributed by atoms with van der Waals surface area (Å²) in [4.78, 5) is 3.97. The molecule has 0 radical (unpaired) electrons. The molecular weight excluding hydrogens is 390 g/mol. The zero-order chi connectivity index (χ0) is 20.6. The topological polar surface area (TPSA) is 21.7 Å². The fourth-order valence-corrected chi connectivity index (χ4v) is 6.16. The number of piperidine rings is 1. The summed E-state index contributed by atoms with van der Waals surface area (Å²) in [6.45, 7) is 5.24. The van der Waals surface area contributed by atoms with E-state index in [1.165, 1.54) is 32.7 Å². The number of fused-ring (bicyclic) bond motifs is 2. The summed E-state index contributed by atoms with van der Waals surface area (Å²) in [6.07, 6.45) is 2.69. The van der Waals surface area contributed by atoms with Gasteiger partial charge < -0.3 is 9.47 Å². The second-order valence-electron chi connectivity index (χ2n) is 8.57. The van der Waals surface area contributed by atoms with Crippen molar-refractivity contribution in [2.45, 2.75) is 44.6 Å². The van der Waals surface area contributed by atoms with Crippen molar-refractivity contribution in [3.63, 3.8) is 0 Å². The van der Waals surface area contributed by atoms with E-state index < -0.39 is 0 Å². The Hall–Kier alpha value is -1.98. The Balaban J connectivity index is 1.41. The Morgan fingerprint density at radius 1 is 1.07 bits per heavy atom. The molecule has 0 amide bonds. The summed E-state index contributed by atoms with van der Waals surface area (Å²) < 4.78 is 12.4. The van der Waals surface area contributed by atoms with Gasteiger partial charge in [0.25, 0.3) is 0 Å². The lowest BCUT2D eigenvalue weighted by atomic mass is 9.83. The maximum atomic E-state index is 6.62. The zero-order valence-electron chi connectivity index (χ0n) is 17.8. The van der Waals surface area contributed by atoms with E-state index in [4.69, 9.17) is 9.47 Å². The lowest BCUT2D eigenvalue weighted by Gasteiger charge is -2.46. The molecule has 2 aromatic carbocycles. The van der Waals surface area contributed by atoms with Crippen LogP contribution in [0.4, 0.5) is 0 Å². The molecule has 1 saturated heterocycles. The molecule has 0 saturated carbocycles. The Morgan fingerprint density at radius 3 is 2.50 bits per heavy atom. The van der Waals surface area contributed by atoms with E-state index in [0.29, 0.717) is 0 Å². The normalized spacial score (nSPS) is 20.9. The van der Waals surface area contributed by atoms with E-state index >= 15 is 0 Å². The molecule has 0 N–H and O–H groups in total. The summed E-state index contributed by atoms with van der Waals surface area (Å²) in [5.74, 6) is 0. The maximum Gasteiger partial charge on any atom is 0.162 e. The van der Waals surface area contributed by atoms with Crippen molar-refractivity contribution < 1.29 is 9.47 Å². The van der Waals surface area contributed by atoms with E-state index in [1.54, 1.807) is 7.11 Å². The molecule has 3 aromatic rings. The number of hydrogen-bond acceptors (Lipinski definition) is 4. The van der Waals surface area contributed by atoms with Crippen molar-refractivity contribution in [3.05, 3.63) is 81.5 Å². The summed E-state index contributed by atoms with van der Waals surface area (Å²) >= 11 is 1.88. The molecule has 1 atom stereocenters. The van der Waals surface area contributed by atoms with Crippen LogP contribution < -0.4 is 0 Å². The van der Waals surface area contributed by atoms with E-state index in [0.717, 1.165) is 38.9 Å². The highest BCUT2D eigenvalue weighted by Gasteiger charge is 2.45. The Bertz CT molecular complexity index is 988. The van der Waals surface area contributed by atoms with Gasteiger partial charge in [-0.05, 0) is 47.4 Å². The van der Waals surface area contributed by atoms with Gasteiger partial charge in [0.1, 0.15) is 5.60 Å². The number of hydrogen-bond donors (Lipinski definition) is 0. The first kappa shape index (κ1) is 20.0. The fourth-order valence-electron chi connectivity index (χ4n) is 4.85. The van der Waals surface area contributed by atoms with Gasteiger partial charge in [-0.2, -0.15) is 0 Å². The molecule has 0 bridgehead atoms. The van der Waals surface area contributed by atoms with Gasteiger partial charge in [0, 0.05) is 38.0 Å². The number of thiophene rings is 1. The predicted octanol–water partition coefficient (Wildman–Crippen LogP) is 5.76. The molecule has 156 valence electrons. The molecule has 5 rings (SSSR count). The third-order valence-electron chi connectivity index (χ3n) is 6.57. The van der Waals surface area contributed by atoms with E-state index in [2.05, 4.69) is 71.8 Å². The van der Waals surface area contributed by atoms with Gasteiger partial charge in [-0.25, -0.2) is 0 Å². The van der Waals surface area contributed by atoms with Crippen LogP contribution in [0.15, 0.2) is 60.0 Å². The van der Waals surface area contributed by atoms with Crippen LogP contribution in [-0.2, 0) is 28.0 Å². The largest absolute Gasteiger partial charge is 0.355 e. The van der Waals surface area contributed by atoms with E-state index in [1.807, 2.05) is 11.3 Å². The minimum atomic E-state index is -0.213. The molecule has 1 unspecified atom stereocenters. The summed E-state index contributed by atoms with van der Waals surface area (Å²) in [7, 11) is 1.77. The molecule has 3 nitrogen and oxygen atoms in total. The van der Waals surface area contributed by atoms with Crippen molar-refractivity contribution in [2.75, 3.05) is 20.2 Å². The van der Waals surface area contributed by atoms with Crippen LogP contribution in [0.5, 0.6) is 0 Å². The van der Waals surface area contributed by atoms with Gasteiger partial charge in [-0.15, -0.1) is 11.3 Å². The predicted molar refractivity (Wildman–Crippen MR) is 123 cm³/mol. The summed E-state index contributed by atoms with van der Waals surface area (Å²) in [6, 6.07) is 19.6. The smallest absolute Gasteiger partial charge is 0.162 e. The Kier molecular flexibility index (Phi) is 5.50. The van der Waals surface area contributed by atoms with Crippen LogP contribution in [0.1, 0.15) is 34.4 Å². The number of benzene rings is 2. The summed E-state index contributed by atoms with van der Waals surface area (Å²) in [5, 5.41) is 2.33. The maximum absolute atomic E-state index is 6.62. The van der Waals surface area contributed by atoms with Gasteiger partial charge >= 0.3 is 0 Å². The zero-order valence-corrected chi connectivity index (χ0v) is 18.6. The lowest BCUT2D eigenvalue weighted by Crippen LogP contribution is -2.48. The second-order valence-corrected chi connectivity index (χ2v) is 9.45. The minimum Gasteiger partial charge on any atom is -0.355 e. The Morgan fingerprint density at radius 2 is 1.80 bits per heavy atom. The van der Waals surface area contributed by atoms with Crippen molar-refractivity contribution in [2.24, 2.45) is 0 Å². The molecular formula is C26H29NO2S. The first-order valence-corrected chi connectivity index (χ1v) is 11.7. The van der Waals surface area contributed by atoms with Crippen LogP contribution >= 0.6 is 11.3 Å². The molecule has 2 aliphatic rings. The van der Waals surface area contributed by atoms with Crippen molar-refractivity contribution >= 4 is 11.3 Å². The first-order chi connectivity index (χ1) is 14.7. The van der Waals surface area contributed by atoms with E-state index in [9.17, 15) is 0 Å². The molecule has 2 aliphatic heterocycles. The third kappa shape index (κ3) is 3.74. The van der Waals surface area contributed by atoms with Gasteiger partial charge in [-0.3, -0.25) is 4.90 Å². The van der Waals surface area contributed by atoms with Crippen LogP contribution in [0.25, 0.3) is 11.1 Å². The number of ether oxygens (including phenoxy) is 2. The number of methoxy groups -OCH3 is 1. The minimum absolute atomic E-state index is 0.169. The van der Waals surface area contributed by atoms with Gasteiger partial charge in [0.15, 0.2) is 6.29 Å². The Labute approximate surface area is 183 Å². The van der Waals surface area contributed by atoms with E-state index in [-0.39, 0.29) is 11.9 Å². The van der Waals surface area contributed by atoms with Crippen LogP contribution in [0.2, 0.25) is 0 Å². The average Bonchev–Trinajstić information content (AvgIpc) is 3.21. The first-order valence-electron chi connectivity index (χ1n) is 10.8. The molecule has 4 heteroatoms. The van der Waals surface area contributed by atoms with Crippen LogP contribution in [0.3, 0.4) is 0 Å². The standard InChI is InChI=1S/C26H29NO2S/c1-19-8-10-21(11-9-19)23-18-30-25-22(23)16-24(28-2)29-26(25)12-14-27(15-13-26)17-20-6-4-3-5-7-20/h3-11,18,24H,12-17H2,1-2H3. The highest BCUT2D eigenvalue weighted by Crippen LogP contribution is 2.49. The number of rotatable bonds is 4. The van der Waals surface area contributed by atoms with Crippen molar-refractivity contribution in [3.8, 4) is 11.1 Å². The van der Waals surface area contributed by atoms with Gasteiger partial charge in [-0.1, -0.05) is 60.2 Å². The monoisotopic (exact) mass is 419 g/mol. The van der Waals surface area contributed by atoms with Crippen molar-refractivity contribution in [1.82, 2.24) is 4.90 Å². The highest BCUT2D eigenvalue weighted by atomic mass is 32.1. The van der Waals surface area contributed by atoms with Gasteiger partial charge in [0.2, 0.25) is 0 Å². The molecule has 1 spiro atoms. The molecule has 0 aliphatic carbocycles. The highest BCUT2D eigenvalue weighted by molar-refractivity contribution is 7.10. The molecule has 1 aromatic heterocycles. The van der Waals surface area contributed by atoms with Crippen LogP contribution in [0, 0.1) is 6.92 Å². The quantitative estimate of drug-likeness (QED) is 0.537. The lowest BCUT2D eigenvalue weighted by molar-refractivity contribution is -0.225. The summed E-state index contributed by atoms with van der Waals surface area (Å²) in [5.41, 5.74) is 6.54. The van der Waals surface area contributed by atoms with Crippen molar-refractivity contribution in [1.29, 1.82) is 0 Å². The molecule has 3 heterocycles. The average molecular weight is 420 g/mol. The number of likely N-dealkylation sites (tertiary alicyclic amines) is 1. The number of nitrogens with zero attached hydrogens (tertiary/aromatic N) is 1. The van der Waals surface area contributed by atoms with Crippen LogP contribution in [-0.4, -0.2) is 31.4 Å². The third-order valence-corrected chi connectivity index (χ3v) is 7.78. The van der Waals surface area contributed by atoms with Gasteiger partial charge in [0.05, 0.1) is 0 Å². The molecule has 30 heavy (non-hydrogen) atoms. The second kappa shape index (κ2) is 8.27. The molecule has 1 fully saturated rings. The fraction of sp³-hybridized carbons (Fsp3) is 0.385.